The number of amides is 5. The van der Waals surface area contributed by atoms with Gasteiger partial charge in [0, 0.05) is 25.0 Å². The van der Waals surface area contributed by atoms with Gasteiger partial charge in [-0.2, -0.15) is 0 Å². The fourth-order valence-electron chi connectivity index (χ4n) is 7.68. The van der Waals surface area contributed by atoms with Crippen LogP contribution < -0.4 is 21.3 Å². The van der Waals surface area contributed by atoms with Gasteiger partial charge in [0.2, 0.25) is 17.7 Å². The van der Waals surface area contributed by atoms with Gasteiger partial charge in [0.05, 0.1) is 13.2 Å². The fourth-order valence-corrected chi connectivity index (χ4v) is 7.68. The van der Waals surface area contributed by atoms with E-state index < -0.39 is 47.5 Å². The zero-order valence-electron chi connectivity index (χ0n) is 36.4. The summed E-state index contributed by atoms with van der Waals surface area (Å²) in [5.74, 6) is -1.79. The third-order valence-corrected chi connectivity index (χ3v) is 10.9. The van der Waals surface area contributed by atoms with Crippen LogP contribution in [0.2, 0.25) is 0 Å². The fraction of sp³-hybridized carbons (Fsp3) is 0.288. The molecule has 3 atom stereocenters. The summed E-state index contributed by atoms with van der Waals surface area (Å²) in [5, 5.41) is 13.2. The van der Waals surface area contributed by atoms with E-state index in [4.69, 9.17) is 9.57 Å². The first kappa shape index (κ1) is 46.5. The van der Waals surface area contributed by atoms with Crippen molar-refractivity contribution < 1.29 is 33.5 Å². The lowest BCUT2D eigenvalue weighted by Crippen LogP contribution is -2.55. The van der Waals surface area contributed by atoms with E-state index in [1.165, 1.54) is 11.1 Å². The minimum absolute atomic E-state index is 0.00812. The van der Waals surface area contributed by atoms with Crippen LogP contribution in [0.25, 0.3) is 0 Å². The van der Waals surface area contributed by atoms with Crippen molar-refractivity contribution in [3.8, 4) is 0 Å². The molecule has 12 nitrogen and oxygen atoms in total. The Morgan fingerprint density at radius 2 is 1.19 bits per heavy atom. The molecule has 0 spiro atoms. The van der Waals surface area contributed by atoms with Gasteiger partial charge in [-0.1, -0.05) is 172 Å². The molecule has 0 saturated carbocycles. The normalized spacial score (nSPS) is 14.0. The van der Waals surface area contributed by atoms with Crippen LogP contribution in [0.1, 0.15) is 67.3 Å². The predicted molar refractivity (Wildman–Crippen MR) is 245 cm³/mol. The first-order chi connectivity index (χ1) is 31.1. The predicted octanol–water partition coefficient (Wildman–Crippen LogP) is 7.15. The van der Waals surface area contributed by atoms with Crippen LogP contribution in [0.5, 0.6) is 0 Å². The molecule has 6 rings (SSSR count). The average molecular weight is 864 g/mol. The number of benzene rings is 5. The van der Waals surface area contributed by atoms with E-state index in [-0.39, 0.29) is 44.1 Å². The van der Waals surface area contributed by atoms with Gasteiger partial charge in [0.25, 0.3) is 5.91 Å². The molecule has 4 N–H and O–H groups in total. The summed E-state index contributed by atoms with van der Waals surface area (Å²) in [5.41, 5.74) is 3.09. The van der Waals surface area contributed by atoms with Gasteiger partial charge >= 0.3 is 6.09 Å². The zero-order valence-corrected chi connectivity index (χ0v) is 36.4. The van der Waals surface area contributed by atoms with Crippen molar-refractivity contribution in [2.75, 3.05) is 13.2 Å². The summed E-state index contributed by atoms with van der Waals surface area (Å²) >= 11 is 0. The quantitative estimate of drug-likeness (QED) is 0.0479. The molecule has 1 aliphatic heterocycles. The molecule has 0 radical (unpaired) electrons. The molecule has 5 amide bonds. The highest BCUT2D eigenvalue weighted by Gasteiger charge is 2.38. The summed E-state index contributed by atoms with van der Waals surface area (Å²) in [6.07, 6.45) is 3.29. The second-order valence-corrected chi connectivity index (χ2v) is 16.2. The number of nitrogens with one attached hydrogen (secondary N) is 4. The van der Waals surface area contributed by atoms with Crippen molar-refractivity contribution >= 4 is 29.7 Å². The number of carbonyl (C=O) groups is 5. The second kappa shape index (κ2) is 23.4. The summed E-state index contributed by atoms with van der Waals surface area (Å²) < 4.78 is 5.44. The summed E-state index contributed by atoms with van der Waals surface area (Å²) in [6.45, 7) is 4.73. The van der Waals surface area contributed by atoms with Crippen molar-refractivity contribution in [2.45, 2.75) is 76.2 Å². The Bertz CT molecular complexity index is 2190. The lowest BCUT2D eigenvalue weighted by molar-refractivity contribution is -0.162. The summed E-state index contributed by atoms with van der Waals surface area (Å²) in [4.78, 5) is 74.5. The number of hydrogen-bond acceptors (Lipinski definition) is 7. The molecule has 0 bridgehead atoms. The minimum atomic E-state index is -1.10. The number of nitrogens with zero attached hydrogens (tertiary/aromatic N) is 1. The van der Waals surface area contributed by atoms with Gasteiger partial charge in [0.15, 0.2) is 0 Å². The smallest absolute Gasteiger partial charge is 0.408 e. The summed E-state index contributed by atoms with van der Waals surface area (Å²) in [6, 6.07) is 44.8. The first-order valence-electron chi connectivity index (χ1n) is 21.8. The molecule has 332 valence electrons. The number of ether oxygens (including phenoxy) is 1. The van der Waals surface area contributed by atoms with Gasteiger partial charge in [-0.15, -0.1) is 0 Å². The molecule has 12 heteroatoms. The van der Waals surface area contributed by atoms with E-state index in [1.54, 1.807) is 6.08 Å². The molecule has 0 aromatic heterocycles. The molecular formula is C52H57N5O7. The maximum Gasteiger partial charge on any atom is 0.408 e. The SMILES string of the molecule is CC(C)C[C@H](NC(=O)OCc1ccccc1)C(=O)N[C@@H](Cc1ccccc1)C(=O)N[C@H](/C=C/C(=O)N1CCCO1)CCC(=O)NC(c1ccccc1)(c1ccccc1)c1ccccc1. The van der Waals surface area contributed by atoms with E-state index in [2.05, 4.69) is 21.3 Å². The Labute approximate surface area is 375 Å². The third-order valence-electron chi connectivity index (χ3n) is 10.9. The maximum atomic E-state index is 14.5. The lowest BCUT2D eigenvalue weighted by Gasteiger charge is -2.37. The van der Waals surface area contributed by atoms with Crippen LogP contribution in [0.3, 0.4) is 0 Å². The molecule has 0 aliphatic carbocycles. The van der Waals surface area contributed by atoms with E-state index in [0.29, 0.717) is 19.6 Å². The van der Waals surface area contributed by atoms with Gasteiger partial charge in [-0.25, -0.2) is 9.86 Å². The first-order valence-corrected chi connectivity index (χ1v) is 21.8. The van der Waals surface area contributed by atoms with E-state index >= 15 is 0 Å². The Morgan fingerprint density at radius 3 is 1.70 bits per heavy atom. The third kappa shape index (κ3) is 13.2. The van der Waals surface area contributed by atoms with Crippen molar-refractivity contribution in [3.05, 3.63) is 192 Å². The van der Waals surface area contributed by atoms with Crippen molar-refractivity contribution in [2.24, 2.45) is 5.92 Å². The number of rotatable bonds is 20. The zero-order chi connectivity index (χ0) is 45.2. The minimum Gasteiger partial charge on any atom is -0.445 e. The number of alkyl carbamates (subject to hydrolysis) is 1. The van der Waals surface area contributed by atoms with Gasteiger partial charge in [-0.05, 0) is 53.0 Å². The molecule has 5 aromatic rings. The van der Waals surface area contributed by atoms with E-state index in [9.17, 15) is 24.0 Å². The van der Waals surface area contributed by atoms with Crippen LogP contribution in [0.15, 0.2) is 164 Å². The molecule has 1 saturated heterocycles. The lowest BCUT2D eigenvalue weighted by atomic mass is 9.77. The molecule has 1 aliphatic rings. The van der Waals surface area contributed by atoms with Crippen molar-refractivity contribution in [1.82, 2.24) is 26.3 Å². The van der Waals surface area contributed by atoms with Crippen LogP contribution in [0, 0.1) is 5.92 Å². The number of hydrogen-bond donors (Lipinski definition) is 4. The van der Waals surface area contributed by atoms with Gasteiger partial charge < -0.3 is 26.0 Å². The van der Waals surface area contributed by atoms with Crippen molar-refractivity contribution in [3.63, 3.8) is 0 Å². The highest BCUT2D eigenvalue weighted by molar-refractivity contribution is 5.92. The van der Waals surface area contributed by atoms with Gasteiger partial charge in [0.1, 0.15) is 24.2 Å². The Hall–Kier alpha value is -7.05. The Morgan fingerprint density at radius 1 is 0.672 bits per heavy atom. The maximum absolute atomic E-state index is 14.5. The van der Waals surface area contributed by atoms with Crippen LogP contribution in [-0.4, -0.2) is 66.1 Å². The molecule has 0 unspecified atom stereocenters. The Kier molecular flexibility index (Phi) is 17.0. The van der Waals surface area contributed by atoms with E-state index in [1.807, 2.05) is 166 Å². The highest BCUT2D eigenvalue weighted by atomic mass is 16.7. The van der Waals surface area contributed by atoms with E-state index in [0.717, 1.165) is 27.8 Å². The topological polar surface area (TPSA) is 155 Å². The molecule has 64 heavy (non-hydrogen) atoms. The van der Waals surface area contributed by atoms with Crippen molar-refractivity contribution in [1.29, 1.82) is 0 Å². The van der Waals surface area contributed by atoms with Crippen LogP contribution in [-0.2, 0) is 47.3 Å². The highest BCUT2D eigenvalue weighted by Crippen LogP contribution is 2.37. The average Bonchev–Trinajstić information content (AvgIpc) is 3.87. The molecular weight excluding hydrogens is 807 g/mol. The largest absolute Gasteiger partial charge is 0.445 e. The van der Waals surface area contributed by atoms with Gasteiger partial charge in [-0.3, -0.25) is 24.0 Å². The van der Waals surface area contributed by atoms with Crippen LogP contribution >= 0.6 is 0 Å². The number of carbonyl (C=O) groups excluding carboxylic acids is 5. The molecule has 5 aromatic carbocycles. The molecule has 1 fully saturated rings. The summed E-state index contributed by atoms with van der Waals surface area (Å²) in [7, 11) is 0. The monoisotopic (exact) mass is 863 g/mol. The van der Waals surface area contributed by atoms with Crippen LogP contribution in [0.4, 0.5) is 4.79 Å². The molecule has 1 heterocycles. The number of hydroxylamine groups is 2. The standard InChI is InChI=1S/C52H57N5O7/c1-38(2)35-45(55-51(62)63-37-40-21-10-4-11-22-40)50(61)54-46(36-39-19-8-3-9-20-39)49(60)53-44(30-32-48(59)57-33-18-34-64-57)29-31-47(58)56-52(41-23-12-5-13-24-41,42-25-14-6-15-26-42)43-27-16-7-17-28-43/h3-17,19-28,30,32,38,44-46H,18,29,31,33-37H2,1-2H3,(H,53,60)(H,54,61)(H,55,62)(H,56,58)/b32-30+/t44-,45-,46-/m0/s1. The second-order valence-electron chi connectivity index (χ2n) is 16.2. The Balaban J connectivity index is 1.23.